The molecule has 66 valence electrons. The van der Waals surface area contributed by atoms with Gasteiger partial charge in [-0.15, -0.1) is 12.4 Å². The highest BCUT2D eigenvalue weighted by Crippen LogP contribution is 2.23. The molecule has 0 amide bonds. The van der Waals surface area contributed by atoms with Crippen LogP contribution < -0.4 is 0 Å². The number of carbonyl (C=O) groups is 1. The molecule has 1 aromatic carbocycles. The zero-order valence-corrected chi connectivity index (χ0v) is 8.08. The Balaban J connectivity index is 0.00000121. The molecular formula is C7H5Cl3O2. The van der Waals surface area contributed by atoms with E-state index in [4.69, 9.17) is 28.3 Å². The Morgan fingerprint density at radius 2 is 1.67 bits per heavy atom. The minimum absolute atomic E-state index is 0. The molecule has 0 aromatic heterocycles. The van der Waals surface area contributed by atoms with E-state index in [0.29, 0.717) is 0 Å². The average Bonchev–Trinajstić information content (AvgIpc) is 1.85. The molecule has 2 nitrogen and oxygen atoms in total. The average molecular weight is 227 g/mol. The molecule has 0 bridgehead atoms. The van der Waals surface area contributed by atoms with Gasteiger partial charge in [0, 0.05) is 0 Å². The van der Waals surface area contributed by atoms with Crippen LogP contribution in [0.4, 0.5) is 0 Å². The minimum Gasteiger partial charge on any atom is -0.478 e. The molecule has 1 rings (SSSR count). The second-order valence-corrected chi connectivity index (χ2v) is 2.72. The van der Waals surface area contributed by atoms with Crippen molar-refractivity contribution in [2.45, 2.75) is 0 Å². The van der Waals surface area contributed by atoms with Crippen molar-refractivity contribution < 1.29 is 9.90 Å². The Bertz CT molecular complexity index is 278. The maximum absolute atomic E-state index is 10.5. The Morgan fingerprint density at radius 3 is 1.92 bits per heavy atom. The number of carboxylic acid groups (broad SMARTS) is 1. The number of benzene rings is 1. The maximum atomic E-state index is 10.5. The molecule has 0 aliphatic heterocycles. The fourth-order valence-electron chi connectivity index (χ4n) is 0.702. The van der Waals surface area contributed by atoms with Crippen LogP contribution in [0.2, 0.25) is 10.0 Å². The highest BCUT2D eigenvalue weighted by Gasteiger charge is 2.11. The van der Waals surface area contributed by atoms with E-state index in [1.165, 1.54) is 12.1 Å². The van der Waals surface area contributed by atoms with Crippen LogP contribution in [0.5, 0.6) is 0 Å². The third-order valence-corrected chi connectivity index (χ3v) is 1.81. The molecule has 0 fully saturated rings. The van der Waals surface area contributed by atoms with Gasteiger partial charge in [0.1, 0.15) is 0 Å². The summed E-state index contributed by atoms with van der Waals surface area (Å²) in [6.45, 7) is 0. The van der Waals surface area contributed by atoms with Gasteiger partial charge < -0.3 is 5.11 Å². The van der Waals surface area contributed by atoms with Gasteiger partial charge in [-0.05, 0) is 12.1 Å². The third kappa shape index (κ3) is 2.27. The largest absolute Gasteiger partial charge is 0.478 e. The number of aromatic carboxylic acids is 1. The van der Waals surface area contributed by atoms with Gasteiger partial charge >= 0.3 is 5.97 Å². The molecule has 0 atom stereocenters. The van der Waals surface area contributed by atoms with Crippen LogP contribution in [0.25, 0.3) is 0 Å². The van der Waals surface area contributed by atoms with Crippen LogP contribution in [-0.4, -0.2) is 11.1 Å². The van der Waals surface area contributed by atoms with Gasteiger partial charge in [0.05, 0.1) is 15.6 Å². The zero-order valence-electron chi connectivity index (χ0n) is 5.75. The predicted octanol–water partition coefficient (Wildman–Crippen LogP) is 3.11. The second-order valence-electron chi connectivity index (χ2n) is 1.90. The van der Waals surface area contributed by atoms with E-state index < -0.39 is 5.97 Å². The number of hydrogen-bond acceptors (Lipinski definition) is 1. The van der Waals surface area contributed by atoms with Gasteiger partial charge in [0.2, 0.25) is 0 Å². The molecule has 12 heavy (non-hydrogen) atoms. The highest BCUT2D eigenvalue weighted by atomic mass is 35.5. The molecule has 5 heteroatoms. The van der Waals surface area contributed by atoms with E-state index in [9.17, 15) is 4.79 Å². The number of hydrogen-bond donors (Lipinski definition) is 1. The molecule has 0 heterocycles. The molecule has 0 aliphatic carbocycles. The Hall–Kier alpha value is -0.440. The molecule has 0 saturated carbocycles. The summed E-state index contributed by atoms with van der Waals surface area (Å²) < 4.78 is 0. The number of rotatable bonds is 1. The lowest BCUT2D eigenvalue weighted by atomic mass is 10.2. The summed E-state index contributed by atoms with van der Waals surface area (Å²) in [5, 5.41) is 8.89. The Labute approximate surface area is 85.5 Å². The first-order valence-corrected chi connectivity index (χ1v) is 3.56. The number of halogens is 3. The quantitative estimate of drug-likeness (QED) is 0.800. The first-order valence-electron chi connectivity index (χ1n) is 2.80. The van der Waals surface area contributed by atoms with Crippen molar-refractivity contribution in [3.8, 4) is 0 Å². The summed E-state index contributed by atoms with van der Waals surface area (Å²) in [5.74, 6) is -1.11. The van der Waals surface area contributed by atoms with Crippen LogP contribution in [0.15, 0.2) is 18.2 Å². The SMILES string of the molecule is Cl.O=C(O)c1c(Cl)cccc1Cl. The second kappa shape index (κ2) is 4.55. The third-order valence-electron chi connectivity index (χ3n) is 1.18. The van der Waals surface area contributed by atoms with E-state index in [0.717, 1.165) is 0 Å². The summed E-state index contributed by atoms with van der Waals surface area (Å²) in [5.41, 5.74) is -0.0455. The monoisotopic (exact) mass is 226 g/mol. The molecule has 1 aromatic rings. The van der Waals surface area contributed by atoms with Gasteiger partial charge in [-0.2, -0.15) is 0 Å². The highest BCUT2D eigenvalue weighted by molar-refractivity contribution is 6.39. The van der Waals surface area contributed by atoms with Crippen LogP contribution in [0.3, 0.4) is 0 Å². The first-order chi connectivity index (χ1) is 5.13. The summed E-state index contributed by atoms with van der Waals surface area (Å²) >= 11 is 11.1. The van der Waals surface area contributed by atoms with Crippen molar-refractivity contribution in [2.24, 2.45) is 0 Å². The van der Waals surface area contributed by atoms with Crippen molar-refractivity contribution in [3.63, 3.8) is 0 Å². The molecular weight excluding hydrogens is 222 g/mol. The van der Waals surface area contributed by atoms with Gasteiger partial charge in [-0.1, -0.05) is 29.3 Å². The summed E-state index contributed by atoms with van der Waals surface area (Å²) in [6, 6.07) is 4.56. The minimum atomic E-state index is -1.11. The van der Waals surface area contributed by atoms with E-state index in [1.807, 2.05) is 0 Å². The molecule has 1 N–H and O–H groups in total. The van der Waals surface area contributed by atoms with Gasteiger partial charge in [0.15, 0.2) is 0 Å². The molecule has 0 saturated heterocycles. The lowest BCUT2D eigenvalue weighted by Crippen LogP contribution is -1.97. The van der Waals surface area contributed by atoms with Crippen LogP contribution in [-0.2, 0) is 0 Å². The fraction of sp³-hybridized carbons (Fsp3) is 0. The van der Waals surface area contributed by atoms with Crippen LogP contribution >= 0.6 is 35.6 Å². The molecule has 0 spiro atoms. The lowest BCUT2D eigenvalue weighted by Gasteiger charge is -1.98. The molecule has 0 unspecified atom stereocenters. The zero-order chi connectivity index (χ0) is 8.43. The summed E-state index contributed by atoms with van der Waals surface area (Å²) in [4.78, 5) is 10.5. The topological polar surface area (TPSA) is 37.3 Å². The predicted molar refractivity (Wildman–Crippen MR) is 50.7 cm³/mol. The Kier molecular flexibility index (Phi) is 4.39. The molecule has 0 radical (unpaired) electrons. The Morgan fingerprint density at radius 1 is 1.25 bits per heavy atom. The molecule has 0 aliphatic rings. The van der Waals surface area contributed by atoms with Crippen molar-refractivity contribution in [3.05, 3.63) is 33.8 Å². The van der Waals surface area contributed by atoms with Gasteiger partial charge in [-0.25, -0.2) is 4.79 Å². The number of carboxylic acids is 1. The van der Waals surface area contributed by atoms with Crippen molar-refractivity contribution in [1.82, 2.24) is 0 Å². The van der Waals surface area contributed by atoms with Crippen LogP contribution in [0, 0.1) is 0 Å². The fourth-order valence-corrected chi connectivity index (χ4v) is 1.26. The summed E-state index contributed by atoms with van der Waals surface area (Å²) in [6.07, 6.45) is 0. The van der Waals surface area contributed by atoms with E-state index in [2.05, 4.69) is 0 Å². The van der Waals surface area contributed by atoms with Crippen molar-refractivity contribution in [1.29, 1.82) is 0 Å². The maximum Gasteiger partial charge on any atom is 0.338 e. The van der Waals surface area contributed by atoms with Crippen molar-refractivity contribution >= 4 is 41.6 Å². The lowest BCUT2D eigenvalue weighted by molar-refractivity contribution is 0.0697. The standard InChI is InChI=1S/C7H4Cl2O2.ClH/c8-4-2-1-3-5(9)6(4)7(10)11;/h1-3H,(H,10,11);1H. The first kappa shape index (κ1) is 11.6. The van der Waals surface area contributed by atoms with E-state index in [1.54, 1.807) is 6.07 Å². The van der Waals surface area contributed by atoms with Crippen molar-refractivity contribution in [2.75, 3.05) is 0 Å². The van der Waals surface area contributed by atoms with E-state index >= 15 is 0 Å². The van der Waals surface area contributed by atoms with Gasteiger partial charge in [-0.3, -0.25) is 0 Å². The summed E-state index contributed by atoms with van der Waals surface area (Å²) in [7, 11) is 0. The van der Waals surface area contributed by atoms with E-state index in [-0.39, 0.29) is 28.0 Å². The normalized spacial score (nSPS) is 8.83. The van der Waals surface area contributed by atoms with Crippen LogP contribution in [0.1, 0.15) is 10.4 Å². The van der Waals surface area contributed by atoms with Gasteiger partial charge in [0.25, 0.3) is 0 Å². The smallest absolute Gasteiger partial charge is 0.338 e.